The molecule has 0 bridgehead atoms. The van der Waals surface area contributed by atoms with Crippen molar-refractivity contribution >= 4 is 0 Å². The topological polar surface area (TPSA) is 24.1 Å². The maximum Gasteiger partial charge on any atom is 0.0318 e. The zero-order chi connectivity index (χ0) is 8.86. The highest BCUT2D eigenvalue weighted by atomic mass is 15.1. The zero-order valence-electron chi connectivity index (χ0n) is 8.45. The second kappa shape index (κ2) is 4.83. The summed E-state index contributed by atoms with van der Waals surface area (Å²) in [6.45, 7) is 7.65. The quantitative estimate of drug-likeness (QED) is 0.576. The summed E-state index contributed by atoms with van der Waals surface area (Å²) in [4.78, 5) is 0. The van der Waals surface area contributed by atoms with Crippen LogP contribution in [0.5, 0.6) is 0 Å². The van der Waals surface area contributed by atoms with Crippen LogP contribution in [0.1, 0.15) is 39.5 Å². The van der Waals surface area contributed by atoms with Crippen LogP contribution in [0.15, 0.2) is 0 Å². The van der Waals surface area contributed by atoms with E-state index in [1.165, 1.54) is 45.3 Å². The molecule has 0 aliphatic carbocycles. The van der Waals surface area contributed by atoms with Gasteiger partial charge >= 0.3 is 0 Å². The molecule has 0 amide bonds. The van der Waals surface area contributed by atoms with E-state index in [4.69, 9.17) is 0 Å². The van der Waals surface area contributed by atoms with Crippen LogP contribution in [0.3, 0.4) is 0 Å². The highest BCUT2D eigenvalue weighted by Crippen LogP contribution is 2.24. The summed E-state index contributed by atoms with van der Waals surface area (Å²) >= 11 is 0. The smallest absolute Gasteiger partial charge is 0.0318 e. The van der Waals surface area contributed by atoms with Gasteiger partial charge in [-0.1, -0.05) is 20.3 Å². The Labute approximate surface area is 76.1 Å². The van der Waals surface area contributed by atoms with Crippen molar-refractivity contribution in [2.75, 3.05) is 19.6 Å². The largest absolute Gasteiger partial charge is 0.315 e. The molecule has 2 aliphatic heterocycles. The van der Waals surface area contributed by atoms with Gasteiger partial charge in [0.2, 0.25) is 0 Å². The summed E-state index contributed by atoms with van der Waals surface area (Å²) in [5.41, 5.74) is 0.512. The van der Waals surface area contributed by atoms with Crippen molar-refractivity contribution < 1.29 is 0 Å². The summed E-state index contributed by atoms with van der Waals surface area (Å²) in [7, 11) is 0. The fraction of sp³-hybridized carbons (Fsp3) is 1.00. The minimum absolute atomic E-state index is 0.512. The molecule has 0 aromatic carbocycles. The molecule has 1 unspecified atom stereocenters. The van der Waals surface area contributed by atoms with E-state index >= 15 is 0 Å². The molecule has 12 heavy (non-hydrogen) atoms. The van der Waals surface area contributed by atoms with Gasteiger partial charge in [-0.2, -0.15) is 0 Å². The molecule has 0 aromatic rings. The van der Waals surface area contributed by atoms with Gasteiger partial charge in [-0.3, -0.25) is 0 Å². The third-order valence-electron chi connectivity index (χ3n) is 2.83. The Kier molecular flexibility index (Phi) is 4.02. The van der Waals surface area contributed by atoms with E-state index in [2.05, 4.69) is 10.6 Å². The molecule has 2 rings (SSSR count). The Hall–Kier alpha value is -0.0800. The number of nitrogens with one attached hydrogen (secondary N) is 2. The van der Waals surface area contributed by atoms with Crippen LogP contribution in [-0.2, 0) is 0 Å². The lowest BCUT2D eigenvalue weighted by Gasteiger charge is -2.33. The SMILES string of the molecule is C1CCC2(CCNC2)NC1.CC. The van der Waals surface area contributed by atoms with Gasteiger partial charge in [-0.25, -0.2) is 0 Å². The fourth-order valence-corrected chi connectivity index (χ4v) is 2.14. The summed E-state index contributed by atoms with van der Waals surface area (Å²) in [6, 6.07) is 0. The highest BCUT2D eigenvalue weighted by molar-refractivity contribution is 4.97. The van der Waals surface area contributed by atoms with Crippen molar-refractivity contribution in [1.29, 1.82) is 0 Å². The third-order valence-corrected chi connectivity index (χ3v) is 2.83. The molecule has 2 heteroatoms. The van der Waals surface area contributed by atoms with Crippen molar-refractivity contribution in [3.63, 3.8) is 0 Å². The molecule has 2 saturated heterocycles. The molecule has 2 heterocycles. The first kappa shape index (κ1) is 10.0. The van der Waals surface area contributed by atoms with Crippen molar-refractivity contribution in [3.8, 4) is 0 Å². The lowest BCUT2D eigenvalue weighted by atomic mass is 9.88. The van der Waals surface area contributed by atoms with Gasteiger partial charge in [-0.05, 0) is 32.4 Å². The predicted octanol–water partition coefficient (Wildman–Crippen LogP) is 1.52. The Balaban J connectivity index is 0.000000336. The first-order valence-electron chi connectivity index (χ1n) is 5.37. The average molecular weight is 170 g/mol. The predicted molar refractivity (Wildman–Crippen MR) is 53.4 cm³/mol. The molecule has 2 fully saturated rings. The molecule has 2 nitrogen and oxygen atoms in total. The molecule has 72 valence electrons. The van der Waals surface area contributed by atoms with E-state index in [0.29, 0.717) is 5.54 Å². The molecule has 0 saturated carbocycles. The van der Waals surface area contributed by atoms with Crippen LogP contribution < -0.4 is 10.6 Å². The van der Waals surface area contributed by atoms with Crippen molar-refractivity contribution in [2.24, 2.45) is 0 Å². The van der Waals surface area contributed by atoms with Gasteiger partial charge in [0, 0.05) is 12.1 Å². The van der Waals surface area contributed by atoms with Gasteiger partial charge < -0.3 is 10.6 Å². The summed E-state index contributed by atoms with van der Waals surface area (Å²) in [5, 5.41) is 7.05. The van der Waals surface area contributed by atoms with Crippen LogP contribution >= 0.6 is 0 Å². The number of hydrogen-bond acceptors (Lipinski definition) is 2. The zero-order valence-corrected chi connectivity index (χ0v) is 8.45. The van der Waals surface area contributed by atoms with E-state index in [1.807, 2.05) is 13.8 Å². The molecule has 0 radical (unpaired) electrons. The lowest BCUT2D eigenvalue weighted by molar-refractivity contribution is 0.277. The lowest BCUT2D eigenvalue weighted by Crippen LogP contribution is -2.49. The Bertz CT molecular complexity index is 109. The van der Waals surface area contributed by atoms with Gasteiger partial charge in [0.15, 0.2) is 0 Å². The second-order valence-corrected chi connectivity index (χ2v) is 3.59. The molecule has 1 spiro atoms. The van der Waals surface area contributed by atoms with E-state index in [1.54, 1.807) is 0 Å². The van der Waals surface area contributed by atoms with Crippen molar-refractivity contribution in [2.45, 2.75) is 45.1 Å². The second-order valence-electron chi connectivity index (χ2n) is 3.59. The van der Waals surface area contributed by atoms with E-state index in [-0.39, 0.29) is 0 Å². The minimum atomic E-state index is 0.512. The molecule has 2 N–H and O–H groups in total. The Morgan fingerprint density at radius 2 is 1.83 bits per heavy atom. The number of hydrogen-bond donors (Lipinski definition) is 2. The van der Waals surface area contributed by atoms with E-state index in [9.17, 15) is 0 Å². The monoisotopic (exact) mass is 170 g/mol. The molecule has 0 aromatic heterocycles. The van der Waals surface area contributed by atoms with Gasteiger partial charge in [0.05, 0.1) is 0 Å². The maximum absolute atomic E-state index is 3.63. The van der Waals surface area contributed by atoms with E-state index in [0.717, 1.165) is 0 Å². The number of rotatable bonds is 0. The molecular formula is C10H22N2. The first-order chi connectivity index (χ1) is 5.91. The summed E-state index contributed by atoms with van der Waals surface area (Å²) in [5.74, 6) is 0. The van der Waals surface area contributed by atoms with Gasteiger partial charge in [-0.15, -0.1) is 0 Å². The average Bonchev–Trinajstić information content (AvgIpc) is 2.58. The fourth-order valence-electron chi connectivity index (χ4n) is 2.14. The Morgan fingerprint density at radius 3 is 2.33 bits per heavy atom. The van der Waals surface area contributed by atoms with Crippen LogP contribution in [-0.4, -0.2) is 25.2 Å². The maximum atomic E-state index is 3.63. The minimum Gasteiger partial charge on any atom is -0.315 e. The van der Waals surface area contributed by atoms with Crippen LogP contribution in [0, 0.1) is 0 Å². The summed E-state index contributed by atoms with van der Waals surface area (Å²) in [6.07, 6.45) is 5.53. The first-order valence-corrected chi connectivity index (χ1v) is 5.37. The highest BCUT2D eigenvalue weighted by Gasteiger charge is 2.33. The third kappa shape index (κ3) is 2.20. The number of piperidine rings is 1. The molecular weight excluding hydrogens is 148 g/mol. The van der Waals surface area contributed by atoms with Crippen LogP contribution in [0.2, 0.25) is 0 Å². The van der Waals surface area contributed by atoms with Gasteiger partial charge in [0.25, 0.3) is 0 Å². The van der Waals surface area contributed by atoms with Gasteiger partial charge in [0.1, 0.15) is 0 Å². The van der Waals surface area contributed by atoms with Crippen LogP contribution in [0.4, 0.5) is 0 Å². The standard InChI is InChI=1S/C8H16N2.C2H6/c1-2-5-10-8(3-1)4-6-9-7-8;1-2/h9-10H,1-7H2;1-2H3. The van der Waals surface area contributed by atoms with Crippen LogP contribution in [0.25, 0.3) is 0 Å². The molecule has 2 aliphatic rings. The Morgan fingerprint density at radius 1 is 1.00 bits per heavy atom. The normalized spacial score (nSPS) is 34.5. The van der Waals surface area contributed by atoms with E-state index < -0.39 is 0 Å². The van der Waals surface area contributed by atoms with Crippen molar-refractivity contribution in [3.05, 3.63) is 0 Å². The van der Waals surface area contributed by atoms with Crippen molar-refractivity contribution in [1.82, 2.24) is 10.6 Å². The summed E-state index contributed by atoms with van der Waals surface area (Å²) < 4.78 is 0. The molecule has 1 atom stereocenters.